The minimum absolute atomic E-state index is 0.959. The van der Waals surface area contributed by atoms with Crippen LogP contribution < -0.4 is 0 Å². The monoisotopic (exact) mass is 456 g/mol. The standard InChI is InChI=1S/C28H36N6/c1-3-11-29-27(5-1)23-33-17-13-31(14-18-33)21-25-7-9-26(10-8-25)22-32-15-19-34(20-16-32)24-28-6-2-4-12-30-28/h1-12H,13-24H2. The molecular formula is C28H36N6. The lowest BCUT2D eigenvalue weighted by molar-refractivity contribution is 0.120. The van der Waals surface area contributed by atoms with Crippen molar-refractivity contribution in [3.8, 4) is 0 Å². The number of nitrogens with zero attached hydrogens (tertiary/aromatic N) is 6. The van der Waals surface area contributed by atoms with Crippen LogP contribution in [-0.4, -0.2) is 81.9 Å². The summed E-state index contributed by atoms with van der Waals surface area (Å²) in [6.07, 6.45) is 3.78. The van der Waals surface area contributed by atoms with E-state index in [0.717, 1.165) is 78.5 Å². The Balaban J connectivity index is 1.02. The molecule has 0 N–H and O–H groups in total. The van der Waals surface area contributed by atoms with Crippen molar-refractivity contribution in [1.29, 1.82) is 0 Å². The highest BCUT2D eigenvalue weighted by Crippen LogP contribution is 2.14. The first-order valence-corrected chi connectivity index (χ1v) is 12.6. The predicted molar refractivity (Wildman–Crippen MR) is 136 cm³/mol. The zero-order chi connectivity index (χ0) is 23.0. The molecule has 1 aromatic carbocycles. The average Bonchev–Trinajstić information content (AvgIpc) is 2.89. The van der Waals surface area contributed by atoms with Gasteiger partial charge in [0.1, 0.15) is 0 Å². The van der Waals surface area contributed by atoms with E-state index in [2.05, 4.69) is 78.1 Å². The third-order valence-electron chi connectivity index (χ3n) is 6.99. The number of hydrogen-bond acceptors (Lipinski definition) is 6. The van der Waals surface area contributed by atoms with Crippen LogP contribution in [0.4, 0.5) is 0 Å². The predicted octanol–water partition coefficient (Wildman–Crippen LogP) is 3.11. The van der Waals surface area contributed by atoms with Gasteiger partial charge in [-0.15, -0.1) is 0 Å². The Hall–Kier alpha value is -2.64. The molecular weight excluding hydrogens is 420 g/mol. The molecule has 0 bridgehead atoms. The highest BCUT2D eigenvalue weighted by molar-refractivity contribution is 5.22. The van der Waals surface area contributed by atoms with E-state index in [1.54, 1.807) is 0 Å². The molecule has 0 unspecified atom stereocenters. The number of benzene rings is 1. The van der Waals surface area contributed by atoms with Crippen LogP contribution in [-0.2, 0) is 26.2 Å². The molecule has 2 aliphatic rings. The molecule has 5 rings (SSSR count). The Morgan fingerprint density at radius 1 is 0.441 bits per heavy atom. The summed E-state index contributed by atoms with van der Waals surface area (Å²) in [5.74, 6) is 0. The first-order chi connectivity index (χ1) is 16.8. The molecule has 178 valence electrons. The summed E-state index contributed by atoms with van der Waals surface area (Å²) < 4.78 is 0. The van der Waals surface area contributed by atoms with Crippen LogP contribution >= 0.6 is 0 Å². The molecule has 0 spiro atoms. The summed E-state index contributed by atoms with van der Waals surface area (Å²) in [7, 11) is 0. The minimum Gasteiger partial charge on any atom is -0.297 e. The fourth-order valence-electron chi connectivity index (χ4n) is 4.92. The normalized spacial score (nSPS) is 18.8. The van der Waals surface area contributed by atoms with Crippen LogP contribution in [0.3, 0.4) is 0 Å². The van der Waals surface area contributed by atoms with Gasteiger partial charge in [-0.25, -0.2) is 0 Å². The SMILES string of the molecule is c1ccc(CN2CCN(Cc3ccc(CN4CCN(Cc5ccccn5)CC4)cc3)CC2)nc1. The number of hydrogen-bond donors (Lipinski definition) is 0. The fraction of sp³-hybridized carbons (Fsp3) is 0.429. The van der Waals surface area contributed by atoms with Crippen LogP contribution in [0.1, 0.15) is 22.5 Å². The summed E-state index contributed by atoms with van der Waals surface area (Å²) in [6.45, 7) is 12.9. The molecule has 4 heterocycles. The van der Waals surface area contributed by atoms with E-state index >= 15 is 0 Å². The van der Waals surface area contributed by atoms with Crippen molar-refractivity contribution in [2.45, 2.75) is 26.2 Å². The fourth-order valence-corrected chi connectivity index (χ4v) is 4.92. The maximum Gasteiger partial charge on any atom is 0.0543 e. The van der Waals surface area contributed by atoms with Crippen molar-refractivity contribution in [1.82, 2.24) is 29.6 Å². The molecule has 2 fully saturated rings. The Morgan fingerprint density at radius 2 is 0.794 bits per heavy atom. The van der Waals surface area contributed by atoms with Gasteiger partial charge in [0.2, 0.25) is 0 Å². The topological polar surface area (TPSA) is 38.7 Å². The van der Waals surface area contributed by atoms with E-state index in [1.807, 2.05) is 24.5 Å². The molecule has 3 aromatic rings. The lowest BCUT2D eigenvalue weighted by Gasteiger charge is -2.35. The molecule has 0 saturated carbocycles. The molecule has 0 atom stereocenters. The average molecular weight is 457 g/mol. The molecule has 0 radical (unpaired) electrons. The van der Waals surface area contributed by atoms with Gasteiger partial charge in [0.15, 0.2) is 0 Å². The van der Waals surface area contributed by atoms with E-state index < -0.39 is 0 Å². The lowest BCUT2D eigenvalue weighted by Crippen LogP contribution is -2.45. The summed E-state index contributed by atoms with van der Waals surface area (Å²) >= 11 is 0. The van der Waals surface area contributed by atoms with E-state index in [4.69, 9.17) is 0 Å². The maximum absolute atomic E-state index is 4.47. The minimum atomic E-state index is 0.959. The van der Waals surface area contributed by atoms with Gasteiger partial charge >= 0.3 is 0 Å². The molecule has 2 aromatic heterocycles. The van der Waals surface area contributed by atoms with Crippen LogP contribution in [0.25, 0.3) is 0 Å². The second-order valence-corrected chi connectivity index (χ2v) is 9.56. The Kier molecular flexibility index (Phi) is 7.93. The maximum atomic E-state index is 4.47. The van der Waals surface area contributed by atoms with Crippen molar-refractivity contribution in [2.24, 2.45) is 0 Å². The zero-order valence-corrected chi connectivity index (χ0v) is 20.1. The number of rotatable bonds is 8. The molecule has 34 heavy (non-hydrogen) atoms. The van der Waals surface area contributed by atoms with Crippen molar-refractivity contribution in [2.75, 3.05) is 52.4 Å². The molecule has 2 aliphatic heterocycles. The molecule has 0 amide bonds. The van der Waals surface area contributed by atoms with Crippen LogP contribution in [0.15, 0.2) is 73.1 Å². The second kappa shape index (κ2) is 11.7. The smallest absolute Gasteiger partial charge is 0.0543 e. The van der Waals surface area contributed by atoms with E-state index in [1.165, 1.54) is 22.5 Å². The second-order valence-electron chi connectivity index (χ2n) is 9.56. The summed E-state index contributed by atoms with van der Waals surface area (Å²) in [6, 6.07) is 21.7. The first kappa shape index (κ1) is 23.1. The summed E-state index contributed by atoms with van der Waals surface area (Å²) in [5.41, 5.74) is 5.17. The largest absolute Gasteiger partial charge is 0.297 e. The van der Waals surface area contributed by atoms with Crippen molar-refractivity contribution in [3.05, 3.63) is 95.6 Å². The van der Waals surface area contributed by atoms with Crippen LogP contribution in [0.5, 0.6) is 0 Å². The van der Waals surface area contributed by atoms with Crippen molar-refractivity contribution >= 4 is 0 Å². The first-order valence-electron chi connectivity index (χ1n) is 12.6. The Bertz CT molecular complexity index is 896. The van der Waals surface area contributed by atoms with Gasteiger partial charge in [-0.05, 0) is 35.4 Å². The highest BCUT2D eigenvalue weighted by Gasteiger charge is 2.19. The van der Waals surface area contributed by atoms with Gasteiger partial charge in [-0.3, -0.25) is 29.6 Å². The van der Waals surface area contributed by atoms with Crippen molar-refractivity contribution < 1.29 is 0 Å². The summed E-state index contributed by atoms with van der Waals surface area (Å²) in [4.78, 5) is 19.1. The van der Waals surface area contributed by atoms with E-state index in [-0.39, 0.29) is 0 Å². The zero-order valence-electron chi connectivity index (χ0n) is 20.1. The molecule has 6 heteroatoms. The third kappa shape index (κ3) is 6.70. The Morgan fingerprint density at radius 3 is 1.12 bits per heavy atom. The number of aromatic nitrogens is 2. The van der Waals surface area contributed by atoms with Gasteiger partial charge in [-0.1, -0.05) is 36.4 Å². The number of pyridine rings is 2. The summed E-state index contributed by atoms with van der Waals surface area (Å²) in [5, 5.41) is 0. The van der Waals surface area contributed by atoms with Gasteiger partial charge in [0, 0.05) is 90.9 Å². The van der Waals surface area contributed by atoms with Crippen molar-refractivity contribution in [3.63, 3.8) is 0 Å². The third-order valence-corrected chi connectivity index (χ3v) is 6.99. The van der Waals surface area contributed by atoms with E-state index in [9.17, 15) is 0 Å². The van der Waals surface area contributed by atoms with Crippen LogP contribution in [0.2, 0.25) is 0 Å². The quantitative estimate of drug-likeness (QED) is 0.519. The van der Waals surface area contributed by atoms with Gasteiger partial charge in [0.05, 0.1) is 11.4 Å². The lowest BCUT2D eigenvalue weighted by atomic mass is 10.1. The van der Waals surface area contributed by atoms with E-state index in [0.29, 0.717) is 0 Å². The van der Waals surface area contributed by atoms with Gasteiger partial charge < -0.3 is 0 Å². The van der Waals surface area contributed by atoms with Gasteiger partial charge in [-0.2, -0.15) is 0 Å². The molecule has 6 nitrogen and oxygen atoms in total. The van der Waals surface area contributed by atoms with Gasteiger partial charge in [0.25, 0.3) is 0 Å². The molecule has 0 aliphatic carbocycles. The Labute approximate surface area is 203 Å². The highest BCUT2D eigenvalue weighted by atomic mass is 15.3. The van der Waals surface area contributed by atoms with Crippen LogP contribution in [0, 0.1) is 0 Å². The number of piperazine rings is 2. The molecule has 2 saturated heterocycles.